The van der Waals surface area contributed by atoms with Crippen molar-refractivity contribution in [3.8, 4) is 5.75 Å². The summed E-state index contributed by atoms with van der Waals surface area (Å²) in [6, 6.07) is 15.9. The molecule has 0 aliphatic rings. The van der Waals surface area contributed by atoms with Crippen molar-refractivity contribution in [1.29, 1.82) is 0 Å². The lowest BCUT2D eigenvalue weighted by Gasteiger charge is -2.24. The predicted octanol–water partition coefficient (Wildman–Crippen LogP) is 3.47. The Morgan fingerprint density at radius 3 is 2.52 bits per heavy atom. The monoisotopic (exact) mass is 424 g/mol. The van der Waals surface area contributed by atoms with Crippen LogP contribution in [0, 0.1) is 0 Å². The average Bonchev–Trinajstić information content (AvgIpc) is 2.77. The number of benzene rings is 2. The Bertz CT molecular complexity index is 891. The molecule has 31 heavy (non-hydrogen) atoms. The lowest BCUT2D eigenvalue weighted by atomic mass is 9.85. The molecule has 1 amide bonds. The van der Waals surface area contributed by atoms with E-state index in [4.69, 9.17) is 9.73 Å². The molecule has 0 aliphatic carbocycles. The van der Waals surface area contributed by atoms with Gasteiger partial charge in [0.25, 0.3) is 5.91 Å². The summed E-state index contributed by atoms with van der Waals surface area (Å²) >= 11 is 0. The van der Waals surface area contributed by atoms with E-state index in [1.165, 1.54) is 5.56 Å². The standard InChI is InChI=1S/C25H36N4O2/c1-7-26-24(28-18-25(2,3)21-12-9-13-22(17-21)31-6)27-15-14-19-10-8-11-20(16-19)23(30)29(4)5/h8-13,16-17H,7,14-15,18H2,1-6H3,(H2,26,27,28). The first-order valence-corrected chi connectivity index (χ1v) is 10.7. The molecular weight excluding hydrogens is 388 g/mol. The number of rotatable bonds is 9. The molecule has 6 heteroatoms. The molecule has 0 radical (unpaired) electrons. The van der Waals surface area contributed by atoms with Crippen LogP contribution in [0.1, 0.15) is 42.3 Å². The zero-order valence-electron chi connectivity index (χ0n) is 19.7. The van der Waals surface area contributed by atoms with E-state index < -0.39 is 0 Å². The van der Waals surface area contributed by atoms with Crippen LogP contribution in [0.3, 0.4) is 0 Å². The van der Waals surface area contributed by atoms with Gasteiger partial charge in [-0.15, -0.1) is 0 Å². The molecule has 0 heterocycles. The molecule has 0 unspecified atom stereocenters. The molecular formula is C25H36N4O2. The van der Waals surface area contributed by atoms with E-state index in [1.54, 1.807) is 26.1 Å². The number of carbonyl (C=O) groups is 1. The van der Waals surface area contributed by atoms with Crippen LogP contribution in [-0.4, -0.2) is 57.6 Å². The average molecular weight is 425 g/mol. The number of methoxy groups -OCH3 is 1. The van der Waals surface area contributed by atoms with Crippen LogP contribution in [0.4, 0.5) is 0 Å². The van der Waals surface area contributed by atoms with E-state index in [0.29, 0.717) is 12.1 Å². The topological polar surface area (TPSA) is 66.0 Å². The van der Waals surface area contributed by atoms with E-state index in [0.717, 1.165) is 36.8 Å². The van der Waals surface area contributed by atoms with Crippen molar-refractivity contribution in [3.05, 3.63) is 65.2 Å². The number of hydrogen-bond donors (Lipinski definition) is 2. The van der Waals surface area contributed by atoms with Crippen molar-refractivity contribution in [3.63, 3.8) is 0 Å². The Morgan fingerprint density at radius 2 is 1.84 bits per heavy atom. The number of hydrogen-bond acceptors (Lipinski definition) is 3. The molecule has 2 aromatic rings. The maximum atomic E-state index is 12.2. The molecule has 0 aliphatic heterocycles. The molecule has 2 rings (SSSR count). The van der Waals surface area contributed by atoms with Gasteiger partial charge < -0.3 is 20.3 Å². The van der Waals surface area contributed by atoms with Gasteiger partial charge in [-0.3, -0.25) is 9.79 Å². The van der Waals surface area contributed by atoms with Gasteiger partial charge in [0.15, 0.2) is 5.96 Å². The second-order valence-electron chi connectivity index (χ2n) is 8.39. The van der Waals surface area contributed by atoms with Crippen LogP contribution in [-0.2, 0) is 11.8 Å². The summed E-state index contributed by atoms with van der Waals surface area (Å²) in [5.74, 6) is 1.66. The third-order valence-electron chi connectivity index (χ3n) is 5.11. The number of nitrogens with zero attached hydrogens (tertiary/aromatic N) is 2. The smallest absolute Gasteiger partial charge is 0.253 e. The first-order valence-electron chi connectivity index (χ1n) is 10.7. The minimum absolute atomic E-state index is 0.0180. The van der Waals surface area contributed by atoms with Gasteiger partial charge >= 0.3 is 0 Å². The molecule has 2 N–H and O–H groups in total. The number of carbonyl (C=O) groups excluding carboxylic acids is 1. The van der Waals surface area contributed by atoms with Crippen LogP contribution in [0.25, 0.3) is 0 Å². The van der Waals surface area contributed by atoms with Crippen molar-refractivity contribution in [2.45, 2.75) is 32.6 Å². The van der Waals surface area contributed by atoms with Gasteiger partial charge in [0.2, 0.25) is 0 Å². The molecule has 0 atom stereocenters. The molecule has 0 fully saturated rings. The Balaban J connectivity index is 2.00. The Hall–Kier alpha value is -3.02. The quantitative estimate of drug-likeness (QED) is 0.478. The maximum Gasteiger partial charge on any atom is 0.253 e. The first-order chi connectivity index (χ1) is 14.8. The van der Waals surface area contributed by atoms with Gasteiger partial charge in [-0.25, -0.2) is 0 Å². The van der Waals surface area contributed by atoms with Crippen molar-refractivity contribution in [1.82, 2.24) is 15.5 Å². The van der Waals surface area contributed by atoms with Crippen molar-refractivity contribution < 1.29 is 9.53 Å². The Labute approximate surface area is 186 Å². The number of aliphatic imine (C=N–C) groups is 1. The van der Waals surface area contributed by atoms with Crippen LogP contribution in [0.15, 0.2) is 53.5 Å². The highest BCUT2D eigenvalue weighted by Gasteiger charge is 2.21. The number of nitrogens with one attached hydrogen (secondary N) is 2. The highest BCUT2D eigenvalue weighted by molar-refractivity contribution is 5.94. The Kier molecular flexibility index (Phi) is 8.91. The zero-order valence-corrected chi connectivity index (χ0v) is 19.7. The number of guanidine groups is 1. The third kappa shape index (κ3) is 7.31. The lowest BCUT2D eigenvalue weighted by Crippen LogP contribution is -2.39. The summed E-state index contributed by atoms with van der Waals surface area (Å²) in [7, 11) is 5.22. The molecule has 2 aromatic carbocycles. The molecule has 0 bridgehead atoms. The summed E-state index contributed by atoms with van der Waals surface area (Å²) in [5.41, 5.74) is 2.89. The fourth-order valence-corrected chi connectivity index (χ4v) is 3.20. The molecule has 6 nitrogen and oxygen atoms in total. The second kappa shape index (κ2) is 11.4. The highest BCUT2D eigenvalue weighted by atomic mass is 16.5. The molecule has 0 saturated carbocycles. The van der Waals surface area contributed by atoms with E-state index >= 15 is 0 Å². The van der Waals surface area contributed by atoms with Crippen LogP contribution in [0.5, 0.6) is 5.75 Å². The van der Waals surface area contributed by atoms with Gasteiger partial charge in [0, 0.05) is 38.2 Å². The summed E-state index contributed by atoms with van der Waals surface area (Å²) < 4.78 is 5.36. The van der Waals surface area contributed by atoms with Gasteiger partial charge in [-0.05, 0) is 48.7 Å². The first kappa shape index (κ1) is 24.3. The van der Waals surface area contributed by atoms with E-state index in [2.05, 4.69) is 43.5 Å². The lowest BCUT2D eigenvalue weighted by molar-refractivity contribution is 0.0827. The third-order valence-corrected chi connectivity index (χ3v) is 5.11. The highest BCUT2D eigenvalue weighted by Crippen LogP contribution is 2.26. The van der Waals surface area contributed by atoms with Crippen molar-refractivity contribution >= 4 is 11.9 Å². The largest absolute Gasteiger partial charge is 0.497 e. The molecule has 0 saturated heterocycles. The predicted molar refractivity (Wildman–Crippen MR) is 128 cm³/mol. The normalized spacial score (nSPS) is 11.7. The number of amides is 1. The minimum Gasteiger partial charge on any atom is -0.497 e. The van der Waals surface area contributed by atoms with Crippen LogP contribution < -0.4 is 15.4 Å². The van der Waals surface area contributed by atoms with Gasteiger partial charge in [-0.2, -0.15) is 0 Å². The van der Waals surface area contributed by atoms with Crippen LogP contribution in [0.2, 0.25) is 0 Å². The SMILES string of the molecule is CCNC(=NCC(C)(C)c1cccc(OC)c1)NCCc1cccc(C(=O)N(C)C)c1. The molecule has 0 aromatic heterocycles. The van der Waals surface area contributed by atoms with E-state index in [-0.39, 0.29) is 11.3 Å². The Morgan fingerprint density at radius 1 is 1.10 bits per heavy atom. The van der Waals surface area contributed by atoms with E-state index in [9.17, 15) is 4.79 Å². The fraction of sp³-hybridized carbons (Fsp3) is 0.440. The minimum atomic E-state index is -0.127. The summed E-state index contributed by atoms with van der Waals surface area (Å²) in [6.45, 7) is 8.58. The van der Waals surface area contributed by atoms with Crippen LogP contribution >= 0.6 is 0 Å². The molecule has 0 spiro atoms. The molecule has 168 valence electrons. The van der Waals surface area contributed by atoms with Gasteiger partial charge in [-0.1, -0.05) is 38.1 Å². The summed E-state index contributed by atoms with van der Waals surface area (Å²) in [5, 5.41) is 6.72. The maximum absolute atomic E-state index is 12.2. The zero-order chi connectivity index (χ0) is 22.9. The fourth-order valence-electron chi connectivity index (χ4n) is 3.20. The number of ether oxygens (including phenoxy) is 1. The van der Waals surface area contributed by atoms with Crippen molar-refractivity contribution in [2.24, 2.45) is 4.99 Å². The van der Waals surface area contributed by atoms with E-state index in [1.807, 2.05) is 36.4 Å². The summed E-state index contributed by atoms with van der Waals surface area (Å²) in [6.07, 6.45) is 0.804. The second-order valence-corrected chi connectivity index (χ2v) is 8.39. The van der Waals surface area contributed by atoms with Gasteiger partial charge in [0.1, 0.15) is 5.75 Å². The van der Waals surface area contributed by atoms with Crippen molar-refractivity contribution in [2.75, 3.05) is 40.8 Å². The summed E-state index contributed by atoms with van der Waals surface area (Å²) in [4.78, 5) is 18.6. The van der Waals surface area contributed by atoms with Gasteiger partial charge in [0.05, 0.1) is 13.7 Å².